The van der Waals surface area contributed by atoms with Gasteiger partial charge in [0, 0.05) is 13.3 Å². The van der Waals surface area contributed by atoms with Gasteiger partial charge in [-0.2, -0.15) is 0 Å². The van der Waals surface area contributed by atoms with E-state index in [4.69, 9.17) is 20.7 Å². The summed E-state index contributed by atoms with van der Waals surface area (Å²) in [5, 5.41) is 53.1. The van der Waals surface area contributed by atoms with E-state index in [2.05, 4.69) is 10.6 Å². The average Bonchev–Trinajstić information content (AvgIpc) is 2.77. The van der Waals surface area contributed by atoms with E-state index >= 15 is 0 Å². The van der Waals surface area contributed by atoms with Gasteiger partial charge in [0.15, 0.2) is 0 Å². The van der Waals surface area contributed by atoms with Crippen LogP contribution in [0.2, 0.25) is 0 Å². The average molecular weight is 494 g/mol. The molecule has 16 heteroatoms. The lowest BCUT2D eigenvalue weighted by Gasteiger charge is -2.30. The Morgan fingerprint density at radius 2 is 1.62 bits per heavy atom. The van der Waals surface area contributed by atoms with Crippen molar-refractivity contribution in [3.8, 4) is 0 Å². The molecule has 0 heterocycles. The number of aliphatic carboxylic acids is 1. The highest BCUT2D eigenvalue weighted by atomic mass is 16.5. The second-order valence-corrected chi connectivity index (χ2v) is 7.08. The number of nitrogens with two attached hydrogens (primary N) is 1. The van der Waals surface area contributed by atoms with E-state index in [0.717, 1.165) is 6.92 Å². The van der Waals surface area contributed by atoms with Gasteiger partial charge in [0.2, 0.25) is 23.6 Å². The topological polar surface area (TPSA) is 275 Å². The molecule has 6 atom stereocenters. The molecular weight excluding hydrogens is 464 g/mol. The van der Waals surface area contributed by atoms with E-state index in [1.165, 1.54) is 0 Å². The van der Waals surface area contributed by atoms with E-state index < -0.39 is 92.3 Å². The van der Waals surface area contributed by atoms with E-state index in [-0.39, 0.29) is 12.7 Å². The molecule has 0 aliphatic rings. The molecule has 16 nitrogen and oxygen atoms in total. The molecule has 0 aliphatic heterocycles. The van der Waals surface area contributed by atoms with Crippen LogP contribution in [0.15, 0.2) is 0 Å². The highest BCUT2D eigenvalue weighted by Crippen LogP contribution is 2.09. The zero-order valence-corrected chi connectivity index (χ0v) is 18.2. The normalized spacial score (nSPS) is 16.1. The lowest BCUT2D eigenvalue weighted by molar-refractivity contribution is -0.147. The Bertz CT molecular complexity index is 734. The van der Waals surface area contributed by atoms with Crippen molar-refractivity contribution >= 4 is 35.9 Å². The zero-order valence-electron chi connectivity index (χ0n) is 18.2. The highest BCUT2D eigenvalue weighted by molar-refractivity contribution is 5.92. The molecule has 10 N–H and O–H groups in total. The van der Waals surface area contributed by atoms with E-state index in [9.17, 15) is 44.1 Å². The van der Waals surface area contributed by atoms with Gasteiger partial charge in [-0.05, 0) is 6.42 Å². The van der Waals surface area contributed by atoms with Crippen LogP contribution in [0.5, 0.6) is 0 Å². The molecule has 0 rings (SSSR count). The molecule has 0 saturated heterocycles. The van der Waals surface area contributed by atoms with Crippen LogP contribution in [0.4, 0.5) is 0 Å². The summed E-state index contributed by atoms with van der Waals surface area (Å²) >= 11 is 0. The number of nitrogens with one attached hydrogen (secondary N) is 3. The Labute approximate surface area is 193 Å². The van der Waals surface area contributed by atoms with Crippen LogP contribution >= 0.6 is 0 Å². The van der Waals surface area contributed by atoms with E-state index in [0.29, 0.717) is 0 Å². The van der Waals surface area contributed by atoms with Crippen molar-refractivity contribution in [3.05, 3.63) is 0 Å². The predicted octanol–water partition coefficient (Wildman–Crippen LogP) is -5.90. The minimum atomic E-state index is -1.91. The van der Waals surface area contributed by atoms with Crippen LogP contribution in [0, 0.1) is 0 Å². The molecule has 194 valence electrons. The molecule has 0 aromatic rings. The number of carbonyl (C=O) groups excluding carboxylic acids is 5. The van der Waals surface area contributed by atoms with Crippen molar-refractivity contribution in [3.63, 3.8) is 0 Å². The minimum absolute atomic E-state index is 0.169. The SMILES string of the molecule is CC(=O)N[C@@H](C=O)[C@@H](OCC(=O)NC(CO)C(=O)NC(CCC(=O)O)C(N)=O)[C@H](O)[C@H](O)CO. The maximum atomic E-state index is 12.2. The van der Waals surface area contributed by atoms with Crippen LogP contribution in [0.3, 0.4) is 0 Å². The van der Waals surface area contributed by atoms with Gasteiger partial charge >= 0.3 is 5.97 Å². The van der Waals surface area contributed by atoms with Gasteiger partial charge in [0.25, 0.3) is 0 Å². The number of rotatable bonds is 17. The van der Waals surface area contributed by atoms with Crippen LogP contribution < -0.4 is 21.7 Å². The molecule has 0 spiro atoms. The Morgan fingerprint density at radius 1 is 1.00 bits per heavy atom. The number of aliphatic hydroxyl groups excluding tert-OH is 4. The first kappa shape index (κ1) is 30.8. The Kier molecular flexibility index (Phi) is 14.2. The van der Waals surface area contributed by atoms with Gasteiger partial charge in [0.1, 0.15) is 49.3 Å². The summed E-state index contributed by atoms with van der Waals surface area (Å²) in [4.78, 5) is 69.0. The first-order valence-corrected chi connectivity index (χ1v) is 9.90. The van der Waals surface area contributed by atoms with Gasteiger partial charge in [-0.3, -0.25) is 24.0 Å². The fraction of sp³-hybridized carbons (Fsp3) is 0.667. The lowest BCUT2D eigenvalue weighted by Crippen LogP contribution is -2.56. The number of primary amides is 1. The van der Waals surface area contributed by atoms with Gasteiger partial charge < -0.3 is 56.7 Å². The Morgan fingerprint density at radius 3 is 2.06 bits per heavy atom. The Hall–Kier alpha value is -3.18. The smallest absolute Gasteiger partial charge is 0.303 e. The standard InChI is InChI=1S/C18H30N4O12/c1-8(26)20-10(4-23)16(15(31)12(27)6-25)34-7-13(28)21-11(5-24)18(33)22-9(17(19)32)2-3-14(29)30/h4,9-12,15-16,24-25,27,31H,2-3,5-7H2,1H3,(H2,19,32)(H,20,26)(H,21,28)(H,22,33)(H,29,30)/t9?,10-,11?,12+,15+,16+/m0/s1. The van der Waals surface area contributed by atoms with Crippen LogP contribution in [0.25, 0.3) is 0 Å². The minimum Gasteiger partial charge on any atom is -0.481 e. The number of carboxylic acid groups (broad SMARTS) is 1. The fourth-order valence-electron chi connectivity index (χ4n) is 2.60. The quantitative estimate of drug-likeness (QED) is 0.0855. The number of carboxylic acids is 1. The first-order chi connectivity index (χ1) is 15.9. The first-order valence-electron chi connectivity index (χ1n) is 9.90. The molecule has 0 radical (unpaired) electrons. The summed E-state index contributed by atoms with van der Waals surface area (Å²) in [6.07, 6.45) is -6.06. The van der Waals surface area contributed by atoms with Gasteiger partial charge in [-0.15, -0.1) is 0 Å². The highest BCUT2D eigenvalue weighted by Gasteiger charge is 2.35. The third-order valence-electron chi connectivity index (χ3n) is 4.34. The molecule has 4 amide bonds. The summed E-state index contributed by atoms with van der Waals surface area (Å²) < 4.78 is 5.12. The molecular formula is C18H30N4O12. The van der Waals surface area contributed by atoms with Crippen molar-refractivity contribution < 1.29 is 59.0 Å². The van der Waals surface area contributed by atoms with Crippen LogP contribution in [-0.4, -0.2) is 118 Å². The summed E-state index contributed by atoms with van der Waals surface area (Å²) in [5.74, 6) is -5.12. The summed E-state index contributed by atoms with van der Waals surface area (Å²) in [6, 6.07) is -4.54. The molecule has 0 aromatic heterocycles. The van der Waals surface area contributed by atoms with Crippen molar-refractivity contribution in [2.45, 2.75) is 56.2 Å². The number of hydrogen-bond donors (Lipinski definition) is 9. The maximum absolute atomic E-state index is 12.2. The fourth-order valence-corrected chi connectivity index (χ4v) is 2.60. The monoisotopic (exact) mass is 494 g/mol. The molecule has 0 aliphatic carbocycles. The predicted molar refractivity (Wildman–Crippen MR) is 110 cm³/mol. The molecule has 2 unspecified atom stereocenters. The number of hydrogen-bond acceptors (Lipinski definition) is 11. The van der Waals surface area contributed by atoms with Gasteiger partial charge in [-0.1, -0.05) is 0 Å². The summed E-state index contributed by atoms with van der Waals surface area (Å²) in [6.45, 7) is -1.77. The van der Waals surface area contributed by atoms with Crippen molar-refractivity contribution in [1.29, 1.82) is 0 Å². The number of aldehydes is 1. The molecule has 34 heavy (non-hydrogen) atoms. The Balaban J connectivity index is 5.21. The number of aliphatic hydroxyl groups is 4. The number of carbonyl (C=O) groups is 6. The second kappa shape index (κ2) is 15.6. The molecule has 0 saturated carbocycles. The number of ether oxygens (including phenoxy) is 1. The van der Waals surface area contributed by atoms with Crippen molar-refractivity contribution in [2.75, 3.05) is 19.8 Å². The van der Waals surface area contributed by atoms with E-state index in [1.54, 1.807) is 0 Å². The largest absolute Gasteiger partial charge is 0.481 e. The third kappa shape index (κ3) is 11.1. The number of amides is 4. The van der Waals surface area contributed by atoms with Crippen LogP contribution in [0.1, 0.15) is 19.8 Å². The molecule has 0 aromatic carbocycles. The van der Waals surface area contributed by atoms with Crippen molar-refractivity contribution in [2.24, 2.45) is 5.73 Å². The molecule has 0 fully saturated rings. The third-order valence-corrected chi connectivity index (χ3v) is 4.34. The lowest BCUT2D eigenvalue weighted by atomic mass is 10.0. The second-order valence-electron chi connectivity index (χ2n) is 7.08. The van der Waals surface area contributed by atoms with Gasteiger partial charge in [0.05, 0.1) is 13.2 Å². The van der Waals surface area contributed by atoms with E-state index in [1.807, 2.05) is 5.32 Å². The summed E-state index contributed by atoms with van der Waals surface area (Å²) in [7, 11) is 0. The maximum Gasteiger partial charge on any atom is 0.303 e. The van der Waals surface area contributed by atoms with Gasteiger partial charge in [-0.25, -0.2) is 0 Å². The van der Waals surface area contributed by atoms with Crippen molar-refractivity contribution in [1.82, 2.24) is 16.0 Å². The zero-order chi connectivity index (χ0) is 26.4. The summed E-state index contributed by atoms with van der Waals surface area (Å²) in [5.41, 5.74) is 5.10. The molecule has 0 bridgehead atoms. The van der Waals surface area contributed by atoms with Crippen LogP contribution in [-0.2, 0) is 33.5 Å².